The zero-order valence-electron chi connectivity index (χ0n) is 20.9. The van der Waals surface area contributed by atoms with Crippen molar-refractivity contribution in [2.75, 3.05) is 20.3 Å². The number of methoxy groups -OCH3 is 1. The molecule has 9 heteroatoms. The molecule has 1 aliphatic rings. The van der Waals surface area contributed by atoms with Crippen molar-refractivity contribution in [2.24, 2.45) is 0 Å². The summed E-state index contributed by atoms with van der Waals surface area (Å²) >= 11 is 0. The first-order chi connectivity index (χ1) is 16.4. The monoisotopic (exact) mass is 486 g/mol. The summed E-state index contributed by atoms with van der Waals surface area (Å²) in [5.74, 6) is -0.735. The van der Waals surface area contributed by atoms with Gasteiger partial charge in [-0.05, 0) is 32.1 Å². The van der Waals surface area contributed by atoms with Crippen LogP contribution in [0.15, 0.2) is 12.2 Å². The van der Waals surface area contributed by atoms with Gasteiger partial charge >= 0.3 is 0 Å². The van der Waals surface area contributed by atoms with Crippen molar-refractivity contribution in [3.8, 4) is 0 Å². The lowest BCUT2D eigenvalue weighted by Gasteiger charge is -2.41. The van der Waals surface area contributed by atoms with Gasteiger partial charge in [-0.1, -0.05) is 57.6 Å². The largest absolute Gasteiger partial charge is 0.394 e. The van der Waals surface area contributed by atoms with E-state index in [2.05, 4.69) is 29.7 Å². The van der Waals surface area contributed by atoms with Gasteiger partial charge in [0.25, 0.3) is 0 Å². The maximum Gasteiger partial charge on any atom is 0.239 e. The van der Waals surface area contributed by atoms with Gasteiger partial charge in [-0.25, -0.2) is 0 Å². The fraction of sp³-hybridized carbons (Fsp3) is 0.840. The maximum absolute atomic E-state index is 12.2. The molecular weight excluding hydrogens is 440 g/mol. The number of aliphatic hydroxyl groups excluding tert-OH is 3. The topological polar surface area (TPSA) is 137 Å². The Balaban J connectivity index is 2.10. The fourth-order valence-corrected chi connectivity index (χ4v) is 3.94. The molecule has 1 aliphatic heterocycles. The number of allylic oxidation sites excluding steroid dienone is 2. The Labute approximate surface area is 204 Å². The highest BCUT2D eigenvalue weighted by Gasteiger charge is 2.45. The van der Waals surface area contributed by atoms with E-state index in [0.717, 1.165) is 32.1 Å². The Morgan fingerprint density at radius 2 is 1.53 bits per heavy atom. The molecule has 9 nitrogen and oxygen atoms in total. The van der Waals surface area contributed by atoms with Crippen molar-refractivity contribution in [1.82, 2.24) is 10.6 Å². The van der Waals surface area contributed by atoms with E-state index in [4.69, 9.17) is 9.47 Å². The van der Waals surface area contributed by atoms with E-state index < -0.39 is 43.2 Å². The van der Waals surface area contributed by atoms with Crippen LogP contribution in [-0.4, -0.2) is 78.0 Å². The lowest BCUT2D eigenvalue weighted by Crippen LogP contribution is -2.65. The molecule has 1 rings (SSSR count). The van der Waals surface area contributed by atoms with E-state index >= 15 is 0 Å². The van der Waals surface area contributed by atoms with Gasteiger partial charge < -0.3 is 35.4 Å². The number of ether oxygens (including phenoxy) is 2. The average molecular weight is 487 g/mol. The smallest absolute Gasteiger partial charge is 0.239 e. The van der Waals surface area contributed by atoms with Gasteiger partial charge in [0.2, 0.25) is 11.8 Å². The van der Waals surface area contributed by atoms with Gasteiger partial charge in [0.05, 0.1) is 13.2 Å². The number of amides is 2. The number of aliphatic hydroxyl groups is 3. The van der Waals surface area contributed by atoms with Crippen LogP contribution in [-0.2, 0) is 19.1 Å². The highest BCUT2D eigenvalue weighted by Crippen LogP contribution is 2.21. The summed E-state index contributed by atoms with van der Waals surface area (Å²) in [6.07, 6.45) is 12.8. The molecule has 1 saturated heterocycles. The number of unbranched alkanes of at least 4 members (excludes halogenated alkanes) is 9. The lowest BCUT2D eigenvalue weighted by molar-refractivity contribution is -0.262. The van der Waals surface area contributed by atoms with E-state index in [1.807, 2.05) is 0 Å². The quantitative estimate of drug-likeness (QED) is 0.147. The van der Waals surface area contributed by atoms with Crippen LogP contribution in [0.4, 0.5) is 0 Å². The molecule has 5 atom stereocenters. The van der Waals surface area contributed by atoms with E-state index in [1.165, 1.54) is 45.6 Å². The Kier molecular flexibility index (Phi) is 16.8. The fourth-order valence-electron chi connectivity index (χ4n) is 3.94. The summed E-state index contributed by atoms with van der Waals surface area (Å²) in [5.41, 5.74) is 0. The van der Waals surface area contributed by atoms with Crippen molar-refractivity contribution in [3.63, 3.8) is 0 Å². The summed E-state index contributed by atoms with van der Waals surface area (Å²) in [5, 5.41) is 34.5. The van der Waals surface area contributed by atoms with Crippen LogP contribution in [0.2, 0.25) is 0 Å². The minimum Gasteiger partial charge on any atom is -0.394 e. The van der Waals surface area contributed by atoms with Crippen molar-refractivity contribution < 1.29 is 34.4 Å². The summed E-state index contributed by atoms with van der Waals surface area (Å²) in [6.45, 7) is 1.48. The molecule has 5 N–H and O–H groups in total. The van der Waals surface area contributed by atoms with Gasteiger partial charge in [0.15, 0.2) is 6.29 Å². The zero-order valence-corrected chi connectivity index (χ0v) is 20.9. The van der Waals surface area contributed by atoms with Crippen molar-refractivity contribution >= 4 is 11.8 Å². The Hall–Kier alpha value is -1.52. The highest BCUT2D eigenvalue weighted by atomic mass is 16.7. The predicted molar refractivity (Wildman–Crippen MR) is 130 cm³/mol. The van der Waals surface area contributed by atoms with E-state index in [0.29, 0.717) is 6.42 Å². The van der Waals surface area contributed by atoms with E-state index in [1.54, 1.807) is 0 Å². The molecule has 0 aromatic carbocycles. The molecule has 0 aromatic rings. The van der Waals surface area contributed by atoms with Crippen LogP contribution < -0.4 is 10.6 Å². The molecule has 2 amide bonds. The molecule has 5 unspecified atom stereocenters. The number of carbonyl (C=O) groups is 2. The third kappa shape index (κ3) is 12.3. The van der Waals surface area contributed by atoms with Crippen LogP contribution in [0.3, 0.4) is 0 Å². The Bertz CT molecular complexity index is 586. The number of hydrogen-bond donors (Lipinski definition) is 5. The van der Waals surface area contributed by atoms with Crippen LogP contribution in [0, 0.1) is 0 Å². The van der Waals surface area contributed by atoms with Gasteiger partial charge in [-0.3, -0.25) is 9.59 Å². The van der Waals surface area contributed by atoms with Crippen molar-refractivity contribution in [2.45, 2.75) is 115 Å². The second kappa shape index (κ2) is 18.8. The third-order valence-corrected chi connectivity index (χ3v) is 6.05. The number of rotatable bonds is 18. The third-order valence-electron chi connectivity index (χ3n) is 6.05. The molecule has 0 radical (unpaired) electrons. The van der Waals surface area contributed by atoms with Gasteiger partial charge in [-0.15, -0.1) is 0 Å². The molecular formula is C25H46N2O7. The van der Waals surface area contributed by atoms with Gasteiger partial charge in [-0.2, -0.15) is 0 Å². The van der Waals surface area contributed by atoms with Crippen LogP contribution in [0.25, 0.3) is 0 Å². The zero-order chi connectivity index (χ0) is 25.2. The number of carbonyl (C=O) groups excluding carboxylic acids is 2. The predicted octanol–water partition coefficient (Wildman–Crippen LogP) is 1.93. The summed E-state index contributed by atoms with van der Waals surface area (Å²) in [7, 11) is 1.33. The molecule has 198 valence electrons. The van der Waals surface area contributed by atoms with Gasteiger partial charge in [0.1, 0.15) is 24.4 Å². The van der Waals surface area contributed by atoms with Crippen LogP contribution in [0.5, 0.6) is 0 Å². The molecule has 34 heavy (non-hydrogen) atoms. The molecule has 0 bridgehead atoms. The van der Waals surface area contributed by atoms with Crippen LogP contribution in [0.1, 0.15) is 84.0 Å². The van der Waals surface area contributed by atoms with E-state index in [-0.39, 0.29) is 12.5 Å². The molecule has 0 aromatic heterocycles. The number of hydrogen-bond acceptors (Lipinski definition) is 7. The standard InChI is InChI=1S/C25H46N2O7/c1-3-4-5-6-7-8-9-10-11-12-13-14-15-16-20(29)26-17-21(30)27-22-24(32)23(31)19(18-28)34-25(22)33-2/h8-9,19,22-25,28,31-32H,3-7,10-18H2,1-2H3,(H,26,29)(H,27,30). The molecule has 1 heterocycles. The normalized spacial score (nSPS) is 24.9. The lowest BCUT2D eigenvalue weighted by atomic mass is 9.97. The Morgan fingerprint density at radius 1 is 0.912 bits per heavy atom. The summed E-state index contributed by atoms with van der Waals surface area (Å²) < 4.78 is 10.5. The summed E-state index contributed by atoms with van der Waals surface area (Å²) in [6, 6.07) is -1.02. The highest BCUT2D eigenvalue weighted by molar-refractivity contribution is 5.84. The SMILES string of the molecule is CCCCCCC=CCCCCCCCC(=O)NCC(=O)NC1C(OC)OC(CO)C(O)C1O. The summed E-state index contributed by atoms with van der Waals surface area (Å²) in [4.78, 5) is 24.2. The maximum atomic E-state index is 12.2. The average Bonchev–Trinajstić information content (AvgIpc) is 2.83. The first-order valence-corrected chi connectivity index (χ1v) is 12.8. The molecule has 0 aliphatic carbocycles. The molecule has 0 saturated carbocycles. The van der Waals surface area contributed by atoms with E-state index in [9.17, 15) is 24.9 Å². The Morgan fingerprint density at radius 3 is 2.15 bits per heavy atom. The molecule has 0 spiro atoms. The molecule has 1 fully saturated rings. The first-order valence-electron chi connectivity index (χ1n) is 12.8. The minimum absolute atomic E-state index is 0.203. The number of nitrogens with one attached hydrogen (secondary N) is 2. The first kappa shape index (κ1) is 30.5. The second-order valence-electron chi connectivity index (χ2n) is 8.94. The van der Waals surface area contributed by atoms with Crippen molar-refractivity contribution in [3.05, 3.63) is 12.2 Å². The van der Waals surface area contributed by atoms with Gasteiger partial charge in [0, 0.05) is 13.5 Å². The second-order valence-corrected chi connectivity index (χ2v) is 8.94. The minimum atomic E-state index is -1.38. The van der Waals surface area contributed by atoms with Crippen LogP contribution >= 0.6 is 0 Å². The van der Waals surface area contributed by atoms with Crippen molar-refractivity contribution in [1.29, 1.82) is 0 Å².